The number of likely N-dealkylation sites (tertiary alicyclic amines) is 1. The Hall–Kier alpha value is -0.900. The van der Waals surface area contributed by atoms with Crippen LogP contribution >= 0.6 is 0 Å². The maximum absolute atomic E-state index is 3.42. The van der Waals surface area contributed by atoms with Gasteiger partial charge in [-0.2, -0.15) is 0 Å². The van der Waals surface area contributed by atoms with E-state index in [0.29, 0.717) is 0 Å². The summed E-state index contributed by atoms with van der Waals surface area (Å²) in [5.41, 5.74) is 4.46. The topological polar surface area (TPSA) is 18.5 Å². The van der Waals surface area contributed by atoms with Gasteiger partial charge in [0, 0.05) is 25.7 Å². The maximum atomic E-state index is 3.42. The molecule has 0 aliphatic carbocycles. The summed E-state index contributed by atoms with van der Waals surface area (Å²) >= 11 is 0. The van der Waals surface area contributed by atoms with E-state index in [2.05, 4.69) is 47.4 Å². The molecule has 0 radical (unpaired) electrons. The Morgan fingerprint density at radius 1 is 1.16 bits per heavy atom. The fourth-order valence-corrected chi connectivity index (χ4v) is 3.30. The van der Waals surface area contributed by atoms with E-state index in [1.165, 1.54) is 42.6 Å². The van der Waals surface area contributed by atoms with Crippen molar-refractivity contribution in [1.82, 2.24) is 15.1 Å². The molecule has 3 rings (SSSR count). The van der Waals surface area contributed by atoms with Crippen LogP contribution in [0.15, 0.2) is 18.2 Å². The standard InChI is InChI=1S/C16H25N3/c1-18(2)16-5-7-19(8-6-16)12-13-3-4-14-10-17-11-15(14)9-13/h3-4,9,16-17H,5-8,10-12H2,1-2H3. The van der Waals surface area contributed by atoms with Crippen LogP contribution in [0.5, 0.6) is 0 Å². The molecule has 0 atom stereocenters. The molecule has 1 fully saturated rings. The molecule has 1 saturated heterocycles. The van der Waals surface area contributed by atoms with E-state index in [1.54, 1.807) is 0 Å². The molecule has 2 aliphatic rings. The first kappa shape index (κ1) is 13.1. The lowest BCUT2D eigenvalue weighted by Gasteiger charge is -2.35. The number of hydrogen-bond donors (Lipinski definition) is 1. The first-order chi connectivity index (χ1) is 9.22. The van der Waals surface area contributed by atoms with Gasteiger partial charge in [-0.3, -0.25) is 4.90 Å². The molecule has 3 heteroatoms. The number of fused-ring (bicyclic) bond motifs is 1. The molecule has 0 unspecified atom stereocenters. The minimum absolute atomic E-state index is 0.778. The lowest BCUT2D eigenvalue weighted by atomic mass is 10.0. The van der Waals surface area contributed by atoms with Crippen LogP contribution in [0.4, 0.5) is 0 Å². The van der Waals surface area contributed by atoms with Gasteiger partial charge in [0.05, 0.1) is 0 Å². The first-order valence-electron chi connectivity index (χ1n) is 7.42. The molecule has 1 N–H and O–H groups in total. The molecule has 19 heavy (non-hydrogen) atoms. The van der Waals surface area contributed by atoms with E-state index in [-0.39, 0.29) is 0 Å². The Labute approximate surface area is 116 Å². The summed E-state index contributed by atoms with van der Waals surface area (Å²) in [5, 5.41) is 3.42. The summed E-state index contributed by atoms with van der Waals surface area (Å²) in [5.74, 6) is 0. The predicted molar refractivity (Wildman–Crippen MR) is 79.0 cm³/mol. The number of piperidine rings is 1. The fraction of sp³-hybridized carbons (Fsp3) is 0.625. The SMILES string of the molecule is CN(C)C1CCN(Cc2ccc3c(c2)CNC3)CC1. The Morgan fingerprint density at radius 2 is 1.89 bits per heavy atom. The summed E-state index contributed by atoms with van der Waals surface area (Å²) in [7, 11) is 4.40. The summed E-state index contributed by atoms with van der Waals surface area (Å²) in [4.78, 5) is 4.97. The highest BCUT2D eigenvalue weighted by molar-refractivity contribution is 5.34. The van der Waals surface area contributed by atoms with Crippen molar-refractivity contribution in [3.05, 3.63) is 34.9 Å². The highest BCUT2D eigenvalue weighted by atomic mass is 15.2. The Morgan fingerprint density at radius 3 is 2.63 bits per heavy atom. The Balaban J connectivity index is 1.58. The number of rotatable bonds is 3. The fourth-order valence-electron chi connectivity index (χ4n) is 3.30. The molecule has 0 aromatic heterocycles. The second-order valence-corrected chi connectivity index (χ2v) is 6.18. The zero-order chi connectivity index (χ0) is 13.2. The van der Waals surface area contributed by atoms with Gasteiger partial charge in [-0.1, -0.05) is 18.2 Å². The van der Waals surface area contributed by atoms with Crippen LogP contribution in [0, 0.1) is 0 Å². The first-order valence-corrected chi connectivity index (χ1v) is 7.42. The van der Waals surface area contributed by atoms with Crippen molar-refractivity contribution in [3.63, 3.8) is 0 Å². The molecule has 0 bridgehead atoms. The summed E-state index contributed by atoms with van der Waals surface area (Å²) in [6.45, 7) is 5.68. The summed E-state index contributed by atoms with van der Waals surface area (Å²) in [6.07, 6.45) is 2.61. The average molecular weight is 259 g/mol. The Kier molecular flexibility index (Phi) is 3.87. The van der Waals surface area contributed by atoms with Crippen molar-refractivity contribution >= 4 is 0 Å². The smallest absolute Gasteiger partial charge is 0.0233 e. The molecule has 0 spiro atoms. The van der Waals surface area contributed by atoms with Gasteiger partial charge in [0.1, 0.15) is 0 Å². The number of benzene rings is 1. The largest absolute Gasteiger partial charge is 0.309 e. The van der Waals surface area contributed by atoms with Gasteiger partial charge >= 0.3 is 0 Å². The molecule has 3 nitrogen and oxygen atoms in total. The van der Waals surface area contributed by atoms with Crippen molar-refractivity contribution < 1.29 is 0 Å². The molecule has 0 amide bonds. The normalized spacial score (nSPS) is 21.0. The van der Waals surface area contributed by atoms with Crippen molar-refractivity contribution in [3.8, 4) is 0 Å². The number of nitrogens with zero attached hydrogens (tertiary/aromatic N) is 2. The van der Waals surface area contributed by atoms with Crippen LogP contribution < -0.4 is 5.32 Å². The third-order valence-corrected chi connectivity index (χ3v) is 4.60. The second-order valence-electron chi connectivity index (χ2n) is 6.18. The van der Waals surface area contributed by atoms with Crippen molar-refractivity contribution in [2.75, 3.05) is 27.2 Å². The lowest BCUT2D eigenvalue weighted by Crippen LogP contribution is -2.41. The van der Waals surface area contributed by atoms with Crippen LogP contribution in [0.1, 0.15) is 29.5 Å². The molecule has 1 aromatic carbocycles. The molecule has 2 aliphatic heterocycles. The van der Waals surface area contributed by atoms with Crippen molar-refractivity contribution in [2.45, 2.75) is 38.5 Å². The van der Waals surface area contributed by atoms with E-state index >= 15 is 0 Å². The van der Waals surface area contributed by atoms with Crippen molar-refractivity contribution in [1.29, 1.82) is 0 Å². The van der Waals surface area contributed by atoms with Gasteiger partial charge in [0.25, 0.3) is 0 Å². The van der Waals surface area contributed by atoms with Crippen LogP contribution in [0.25, 0.3) is 0 Å². The van der Waals surface area contributed by atoms with E-state index in [9.17, 15) is 0 Å². The van der Waals surface area contributed by atoms with Gasteiger partial charge < -0.3 is 10.2 Å². The zero-order valence-corrected chi connectivity index (χ0v) is 12.2. The number of nitrogens with one attached hydrogen (secondary N) is 1. The average Bonchev–Trinajstić information content (AvgIpc) is 2.87. The zero-order valence-electron chi connectivity index (χ0n) is 12.2. The minimum Gasteiger partial charge on any atom is -0.309 e. The van der Waals surface area contributed by atoms with Gasteiger partial charge in [-0.05, 0) is 56.7 Å². The highest BCUT2D eigenvalue weighted by Crippen LogP contribution is 2.20. The number of hydrogen-bond acceptors (Lipinski definition) is 3. The predicted octanol–water partition coefficient (Wildman–Crippen LogP) is 1.82. The molecule has 2 heterocycles. The van der Waals surface area contributed by atoms with Crippen molar-refractivity contribution in [2.24, 2.45) is 0 Å². The van der Waals surface area contributed by atoms with Gasteiger partial charge in [-0.25, -0.2) is 0 Å². The molecule has 0 saturated carbocycles. The highest BCUT2D eigenvalue weighted by Gasteiger charge is 2.20. The van der Waals surface area contributed by atoms with E-state index < -0.39 is 0 Å². The van der Waals surface area contributed by atoms with Gasteiger partial charge in [-0.15, -0.1) is 0 Å². The summed E-state index contributed by atoms with van der Waals surface area (Å²) < 4.78 is 0. The summed E-state index contributed by atoms with van der Waals surface area (Å²) in [6, 6.07) is 7.79. The third kappa shape index (κ3) is 2.99. The van der Waals surface area contributed by atoms with Crippen LogP contribution in [0.3, 0.4) is 0 Å². The maximum Gasteiger partial charge on any atom is 0.0233 e. The Bertz CT molecular complexity index is 434. The monoisotopic (exact) mass is 259 g/mol. The second kappa shape index (κ2) is 5.61. The minimum atomic E-state index is 0.778. The van der Waals surface area contributed by atoms with Crippen LogP contribution in [-0.2, 0) is 19.6 Å². The molecule has 104 valence electrons. The molecular formula is C16H25N3. The van der Waals surface area contributed by atoms with E-state index in [1.807, 2.05) is 0 Å². The molecular weight excluding hydrogens is 234 g/mol. The van der Waals surface area contributed by atoms with E-state index in [0.717, 1.165) is 25.7 Å². The quantitative estimate of drug-likeness (QED) is 0.893. The lowest BCUT2D eigenvalue weighted by molar-refractivity contribution is 0.140. The van der Waals surface area contributed by atoms with E-state index in [4.69, 9.17) is 0 Å². The van der Waals surface area contributed by atoms with Gasteiger partial charge in [0.15, 0.2) is 0 Å². The van der Waals surface area contributed by atoms with Crippen LogP contribution in [-0.4, -0.2) is 43.0 Å². The van der Waals surface area contributed by atoms with Gasteiger partial charge in [0.2, 0.25) is 0 Å². The molecule has 1 aromatic rings. The third-order valence-electron chi connectivity index (χ3n) is 4.60. The van der Waals surface area contributed by atoms with Crippen LogP contribution in [0.2, 0.25) is 0 Å².